The van der Waals surface area contributed by atoms with Crippen LogP contribution in [0.1, 0.15) is 62.4 Å². The molecule has 1 unspecified atom stereocenters. The van der Waals surface area contributed by atoms with Gasteiger partial charge in [-0.1, -0.05) is 38.1 Å². The van der Waals surface area contributed by atoms with Gasteiger partial charge in [-0.05, 0) is 43.6 Å². The molecule has 2 rings (SSSR count). The van der Waals surface area contributed by atoms with Gasteiger partial charge >= 0.3 is 0 Å². The second-order valence-corrected chi connectivity index (χ2v) is 7.80. The van der Waals surface area contributed by atoms with Gasteiger partial charge in [-0.25, -0.2) is 0 Å². The molecule has 0 bridgehead atoms. The zero-order valence-corrected chi connectivity index (χ0v) is 17.1. The SMILES string of the molecule is CC(C)Cc1ccc(C(=O)CCC(=O)N2CCC(C(C)N)CC2)cc1.Cl. The minimum Gasteiger partial charge on any atom is -0.343 e. The van der Waals surface area contributed by atoms with E-state index in [-0.39, 0.29) is 36.6 Å². The number of nitrogens with two attached hydrogens (primary N) is 1. The van der Waals surface area contributed by atoms with Crippen molar-refractivity contribution in [3.05, 3.63) is 35.4 Å². The predicted molar refractivity (Wildman–Crippen MR) is 109 cm³/mol. The maximum absolute atomic E-state index is 12.3. The third-order valence-electron chi connectivity index (χ3n) is 5.12. The quantitative estimate of drug-likeness (QED) is 0.730. The molecule has 5 heteroatoms. The van der Waals surface area contributed by atoms with Crippen molar-refractivity contribution >= 4 is 24.1 Å². The molecule has 0 radical (unpaired) electrons. The zero-order valence-electron chi connectivity index (χ0n) is 16.2. The molecule has 1 fully saturated rings. The van der Waals surface area contributed by atoms with Crippen LogP contribution in [0.2, 0.25) is 0 Å². The predicted octanol–water partition coefficient (Wildman–Crippen LogP) is 3.86. The number of nitrogens with zero attached hydrogens (tertiary/aromatic N) is 1. The number of benzene rings is 1. The number of halogens is 1. The van der Waals surface area contributed by atoms with Gasteiger partial charge in [0.25, 0.3) is 0 Å². The normalized spacial score (nSPS) is 16.3. The molecule has 1 aliphatic heterocycles. The zero-order chi connectivity index (χ0) is 18.4. The molecule has 1 aromatic rings. The number of carbonyl (C=O) groups excluding carboxylic acids is 2. The van der Waals surface area contributed by atoms with Gasteiger partial charge in [0.15, 0.2) is 5.78 Å². The number of rotatable bonds is 7. The largest absolute Gasteiger partial charge is 0.343 e. The standard InChI is InChI=1S/C21H32N2O2.ClH/c1-15(2)14-17-4-6-19(7-5-17)20(24)8-9-21(25)23-12-10-18(11-13-23)16(3)22;/h4-7,15-16,18H,8-14,22H2,1-3H3;1H. The Bertz CT molecular complexity index is 576. The van der Waals surface area contributed by atoms with Crippen molar-refractivity contribution in [2.45, 2.75) is 58.9 Å². The van der Waals surface area contributed by atoms with E-state index in [1.807, 2.05) is 36.1 Å². The summed E-state index contributed by atoms with van der Waals surface area (Å²) >= 11 is 0. The lowest BCUT2D eigenvalue weighted by Gasteiger charge is -2.33. The number of amides is 1. The van der Waals surface area contributed by atoms with Crippen LogP contribution < -0.4 is 5.73 Å². The van der Waals surface area contributed by atoms with Crippen LogP contribution in [0.4, 0.5) is 0 Å². The van der Waals surface area contributed by atoms with Crippen LogP contribution in [0, 0.1) is 11.8 Å². The van der Waals surface area contributed by atoms with E-state index in [1.54, 1.807) is 0 Å². The Morgan fingerprint density at radius 1 is 1.08 bits per heavy atom. The molecule has 26 heavy (non-hydrogen) atoms. The van der Waals surface area contributed by atoms with Crippen LogP contribution >= 0.6 is 12.4 Å². The summed E-state index contributed by atoms with van der Waals surface area (Å²) in [4.78, 5) is 26.5. The molecule has 1 saturated heterocycles. The molecule has 4 nitrogen and oxygen atoms in total. The van der Waals surface area contributed by atoms with Crippen LogP contribution in [0.15, 0.2) is 24.3 Å². The second kappa shape index (κ2) is 10.7. The van der Waals surface area contributed by atoms with Crippen LogP contribution in [-0.4, -0.2) is 35.7 Å². The molecule has 1 aromatic carbocycles. The molecule has 146 valence electrons. The fraction of sp³-hybridized carbons (Fsp3) is 0.619. The smallest absolute Gasteiger partial charge is 0.223 e. The van der Waals surface area contributed by atoms with E-state index in [0.717, 1.165) is 32.4 Å². The van der Waals surface area contributed by atoms with Gasteiger partial charge in [-0.2, -0.15) is 0 Å². The number of ketones is 1. The van der Waals surface area contributed by atoms with Crippen LogP contribution in [-0.2, 0) is 11.2 Å². The summed E-state index contributed by atoms with van der Waals surface area (Å²) in [6, 6.07) is 8.01. The van der Waals surface area contributed by atoms with Crippen molar-refractivity contribution in [1.29, 1.82) is 0 Å². The molecular weight excluding hydrogens is 348 g/mol. The third-order valence-corrected chi connectivity index (χ3v) is 5.12. The van der Waals surface area contributed by atoms with Crippen molar-refractivity contribution in [1.82, 2.24) is 4.90 Å². The lowest BCUT2D eigenvalue weighted by Crippen LogP contribution is -2.42. The highest BCUT2D eigenvalue weighted by Gasteiger charge is 2.24. The Balaban J connectivity index is 0.00000338. The van der Waals surface area contributed by atoms with E-state index in [0.29, 0.717) is 23.8 Å². The molecule has 0 aliphatic carbocycles. The first-order valence-corrected chi connectivity index (χ1v) is 9.52. The summed E-state index contributed by atoms with van der Waals surface area (Å²) in [5, 5.41) is 0. The fourth-order valence-corrected chi connectivity index (χ4v) is 3.50. The first kappa shape index (κ1) is 22.7. The number of Topliss-reactive ketones (excluding diaryl/α,β-unsaturated/α-hetero) is 1. The molecule has 1 atom stereocenters. The average Bonchev–Trinajstić information content (AvgIpc) is 2.59. The Morgan fingerprint density at radius 3 is 2.15 bits per heavy atom. The first-order chi connectivity index (χ1) is 11.9. The van der Waals surface area contributed by atoms with E-state index >= 15 is 0 Å². The minimum atomic E-state index is 0. The number of hydrogen-bond acceptors (Lipinski definition) is 3. The molecule has 1 amide bonds. The summed E-state index contributed by atoms with van der Waals surface area (Å²) in [6.45, 7) is 7.93. The van der Waals surface area contributed by atoms with E-state index in [9.17, 15) is 9.59 Å². The molecule has 0 saturated carbocycles. The Morgan fingerprint density at radius 2 is 1.65 bits per heavy atom. The maximum Gasteiger partial charge on any atom is 0.223 e. The van der Waals surface area contributed by atoms with E-state index in [4.69, 9.17) is 5.73 Å². The molecular formula is C21H33ClN2O2. The Hall–Kier alpha value is -1.39. The summed E-state index contributed by atoms with van der Waals surface area (Å²) in [7, 11) is 0. The lowest BCUT2D eigenvalue weighted by molar-refractivity contribution is -0.132. The highest BCUT2D eigenvalue weighted by atomic mass is 35.5. The first-order valence-electron chi connectivity index (χ1n) is 9.52. The summed E-state index contributed by atoms with van der Waals surface area (Å²) in [5.41, 5.74) is 7.89. The van der Waals surface area contributed by atoms with Gasteiger partial charge in [0.2, 0.25) is 5.91 Å². The highest BCUT2D eigenvalue weighted by Crippen LogP contribution is 2.20. The fourth-order valence-electron chi connectivity index (χ4n) is 3.50. The molecule has 0 aromatic heterocycles. The van der Waals surface area contributed by atoms with E-state index < -0.39 is 0 Å². The Kier molecular flexibility index (Phi) is 9.31. The van der Waals surface area contributed by atoms with Crippen LogP contribution in [0.3, 0.4) is 0 Å². The second-order valence-electron chi connectivity index (χ2n) is 7.80. The Labute approximate surface area is 163 Å². The average molecular weight is 381 g/mol. The number of likely N-dealkylation sites (tertiary alicyclic amines) is 1. The molecule has 1 heterocycles. The topological polar surface area (TPSA) is 63.4 Å². The van der Waals surface area contributed by atoms with E-state index in [1.165, 1.54) is 5.56 Å². The van der Waals surface area contributed by atoms with Gasteiger partial charge in [0, 0.05) is 37.5 Å². The minimum absolute atomic E-state index is 0. The number of piperidine rings is 1. The monoisotopic (exact) mass is 380 g/mol. The summed E-state index contributed by atoms with van der Waals surface area (Å²) < 4.78 is 0. The van der Waals surface area contributed by atoms with E-state index in [2.05, 4.69) is 13.8 Å². The van der Waals surface area contributed by atoms with Gasteiger partial charge in [0.05, 0.1) is 0 Å². The van der Waals surface area contributed by atoms with Crippen LogP contribution in [0.25, 0.3) is 0 Å². The highest BCUT2D eigenvalue weighted by molar-refractivity contribution is 5.98. The van der Waals surface area contributed by atoms with Crippen molar-refractivity contribution < 1.29 is 9.59 Å². The van der Waals surface area contributed by atoms with Crippen molar-refractivity contribution in [3.63, 3.8) is 0 Å². The number of carbonyl (C=O) groups is 2. The third kappa shape index (κ3) is 6.73. The summed E-state index contributed by atoms with van der Waals surface area (Å²) in [6.07, 6.45) is 3.54. The molecule has 0 spiro atoms. The molecule has 1 aliphatic rings. The van der Waals surface area contributed by atoms with Crippen LogP contribution in [0.5, 0.6) is 0 Å². The number of hydrogen-bond donors (Lipinski definition) is 1. The maximum atomic E-state index is 12.3. The van der Waals surface area contributed by atoms with Gasteiger partial charge in [-0.15, -0.1) is 12.4 Å². The molecule has 2 N–H and O–H groups in total. The van der Waals surface area contributed by atoms with Gasteiger partial charge in [-0.3, -0.25) is 9.59 Å². The van der Waals surface area contributed by atoms with Crippen molar-refractivity contribution in [3.8, 4) is 0 Å². The van der Waals surface area contributed by atoms with Crippen molar-refractivity contribution in [2.75, 3.05) is 13.1 Å². The van der Waals surface area contributed by atoms with Crippen molar-refractivity contribution in [2.24, 2.45) is 17.6 Å². The summed E-state index contributed by atoms with van der Waals surface area (Å²) in [5.74, 6) is 1.25. The van der Waals surface area contributed by atoms with Gasteiger partial charge in [0.1, 0.15) is 0 Å². The van der Waals surface area contributed by atoms with Gasteiger partial charge < -0.3 is 10.6 Å². The lowest BCUT2D eigenvalue weighted by atomic mass is 9.91.